The van der Waals surface area contributed by atoms with Gasteiger partial charge < -0.3 is 0 Å². The number of nitrogens with two attached hydrogens (primary N) is 1. The van der Waals surface area contributed by atoms with Crippen molar-refractivity contribution in [3.63, 3.8) is 0 Å². The third-order valence-electron chi connectivity index (χ3n) is 1.60. The van der Waals surface area contributed by atoms with E-state index in [2.05, 4.69) is 4.98 Å². The Morgan fingerprint density at radius 2 is 2.29 bits per heavy atom. The van der Waals surface area contributed by atoms with Crippen LogP contribution in [-0.2, 0) is 11.2 Å². The van der Waals surface area contributed by atoms with Crippen LogP contribution in [0.25, 0.3) is 0 Å². The molecule has 6 heteroatoms. The molecule has 0 unspecified atom stereocenters. The van der Waals surface area contributed by atoms with Crippen molar-refractivity contribution in [3.05, 3.63) is 29.6 Å². The van der Waals surface area contributed by atoms with Crippen molar-refractivity contribution in [1.82, 2.24) is 10.4 Å². The standard InChI is InChI=1S/C8H9F2N3O/c9-8(10)5-1-2-6(12-4-5)3-7(14)13-11/h1-2,4,8H,3,11H2,(H,13,14). The van der Waals surface area contributed by atoms with Gasteiger partial charge in [-0.05, 0) is 12.1 Å². The zero-order valence-corrected chi connectivity index (χ0v) is 7.21. The fraction of sp³-hybridized carbons (Fsp3) is 0.250. The summed E-state index contributed by atoms with van der Waals surface area (Å²) in [4.78, 5) is 14.5. The van der Waals surface area contributed by atoms with Crippen molar-refractivity contribution < 1.29 is 13.6 Å². The molecule has 0 saturated carbocycles. The first-order valence-electron chi connectivity index (χ1n) is 3.86. The van der Waals surface area contributed by atoms with Crippen LogP contribution >= 0.6 is 0 Å². The molecule has 1 rings (SSSR count). The predicted molar refractivity (Wildman–Crippen MR) is 45.2 cm³/mol. The lowest BCUT2D eigenvalue weighted by Gasteiger charge is -2.01. The number of aromatic nitrogens is 1. The largest absolute Gasteiger partial charge is 0.294 e. The Morgan fingerprint density at radius 1 is 1.57 bits per heavy atom. The molecular formula is C8H9F2N3O. The molecule has 0 spiro atoms. The van der Waals surface area contributed by atoms with Crippen molar-refractivity contribution in [2.45, 2.75) is 12.8 Å². The molecule has 0 atom stereocenters. The molecule has 0 aliphatic carbocycles. The Bertz CT molecular complexity index is 313. The van der Waals surface area contributed by atoms with Gasteiger partial charge in [0.05, 0.1) is 6.42 Å². The Hall–Kier alpha value is -1.56. The number of alkyl halides is 2. The summed E-state index contributed by atoms with van der Waals surface area (Å²) in [6, 6.07) is 2.60. The molecule has 76 valence electrons. The lowest BCUT2D eigenvalue weighted by Crippen LogP contribution is -2.31. The van der Waals surface area contributed by atoms with Crippen LogP contribution in [0.2, 0.25) is 0 Å². The number of halogens is 2. The van der Waals surface area contributed by atoms with Crippen molar-refractivity contribution in [3.8, 4) is 0 Å². The van der Waals surface area contributed by atoms with Gasteiger partial charge in [0.15, 0.2) is 0 Å². The molecular weight excluding hydrogens is 192 g/mol. The van der Waals surface area contributed by atoms with E-state index in [0.29, 0.717) is 5.69 Å². The van der Waals surface area contributed by atoms with Gasteiger partial charge >= 0.3 is 0 Å². The first-order chi connectivity index (χ1) is 6.63. The Labute approximate surface area is 79.1 Å². The van der Waals surface area contributed by atoms with E-state index in [0.717, 1.165) is 6.20 Å². The third kappa shape index (κ3) is 2.74. The summed E-state index contributed by atoms with van der Waals surface area (Å²) in [7, 11) is 0. The zero-order valence-electron chi connectivity index (χ0n) is 7.21. The van der Waals surface area contributed by atoms with Gasteiger partial charge in [0.1, 0.15) is 0 Å². The molecule has 1 amide bonds. The monoisotopic (exact) mass is 201 g/mol. The number of nitrogens with zero attached hydrogens (tertiary/aromatic N) is 1. The minimum absolute atomic E-state index is 0.0139. The third-order valence-corrected chi connectivity index (χ3v) is 1.60. The number of hydrogen-bond donors (Lipinski definition) is 2. The average Bonchev–Trinajstić information content (AvgIpc) is 2.18. The van der Waals surface area contributed by atoms with Crippen molar-refractivity contribution in [2.24, 2.45) is 5.84 Å². The molecule has 0 aromatic carbocycles. The van der Waals surface area contributed by atoms with E-state index in [4.69, 9.17) is 5.84 Å². The second-order valence-electron chi connectivity index (χ2n) is 2.63. The Kier molecular flexibility index (Phi) is 3.47. The highest BCUT2D eigenvalue weighted by atomic mass is 19.3. The van der Waals surface area contributed by atoms with Gasteiger partial charge in [-0.25, -0.2) is 14.6 Å². The first-order valence-corrected chi connectivity index (χ1v) is 3.86. The topological polar surface area (TPSA) is 68.0 Å². The van der Waals surface area contributed by atoms with Gasteiger partial charge in [-0.15, -0.1) is 0 Å². The maximum atomic E-state index is 12.1. The molecule has 0 radical (unpaired) electrons. The molecule has 0 aliphatic rings. The Balaban J connectivity index is 2.69. The zero-order chi connectivity index (χ0) is 10.6. The van der Waals surface area contributed by atoms with Gasteiger partial charge in [0.25, 0.3) is 6.43 Å². The van der Waals surface area contributed by atoms with Crippen LogP contribution in [0.3, 0.4) is 0 Å². The summed E-state index contributed by atoms with van der Waals surface area (Å²) in [5.41, 5.74) is 2.16. The quantitative estimate of drug-likeness (QED) is 0.426. The van der Waals surface area contributed by atoms with Crippen LogP contribution in [-0.4, -0.2) is 10.9 Å². The summed E-state index contributed by atoms with van der Waals surface area (Å²) in [6.07, 6.45) is -1.51. The minimum atomic E-state index is -2.54. The molecule has 1 heterocycles. The Morgan fingerprint density at radius 3 is 2.71 bits per heavy atom. The second kappa shape index (κ2) is 4.61. The summed E-state index contributed by atoms with van der Waals surface area (Å²) < 4.78 is 24.2. The number of pyridine rings is 1. The molecule has 0 aliphatic heterocycles. The lowest BCUT2D eigenvalue weighted by molar-refractivity contribution is -0.120. The summed E-state index contributed by atoms with van der Waals surface area (Å²) in [5.74, 6) is 4.44. The number of carbonyl (C=O) groups is 1. The highest BCUT2D eigenvalue weighted by Gasteiger charge is 2.08. The summed E-state index contributed by atoms with van der Waals surface area (Å²) in [5, 5.41) is 0. The molecule has 0 bridgehead atoms. The van der Waals surface area contributed by atoms with Gasteiger partial charge in [-0.1, -0.05) is 0 Å². The van der Waals surface area contributed by atoms with E-state index in [9.17, 15) is 13.6 Å². The van der Waals surface area contributed by atoms with Crippen LogP contribution in [0, 0.1) is 0 Å². The fourth-order valence-electron chi connectivity index (χ4n) is 0.885. The maximum absolute atomic E-state index is 12.1. The molecule has 0 saturated heterocycles. The van der Waals surface area contributed by atoms with Crippen LogP contribution in [0.1, 0.15) is 17.7 Å². The normalized spacial score (nSPS) is 10.3. The van der Waals surface area contributed by atoms with E-state index in [1.54, 1.807) is 0 Å². The van der Waals surface area contributed by atoms with Gasteiger partial charge in [-0.2, -0.15) is 0 Å². The molecule has 0 fully saturated rings. The number of carbonyl (C=O) groups excluding carboxylic acids is 1. The van der Waals surface area contributed by atoms with E-state index in [1.165, 1.54) is 12.1 Å². The van der Waals surface area contributed by atoms with Gasteiger partial charge in [0.2, 0.25) is 5.91 Å². The van der Waals surface area contributed by atoms with E-state index < -0.39 is 12.3 Å². The average molecular weight is 201 g/mol. The highest BCUT2D eigenvalue weighted by Crippen LogP contribution is 2.17. The summed E-state index contributed by atoms with van der Waals surface area (Å²) >= 11 is 0. The van der Waals surface area contributed by atoms with Crippen LogP contribution in [0.4, 0.5) is 8.78 Å². The number of rotatable bonds is 3. The van der Waals surface area contributed by atoms with Crippen molar-refractivity contribution in [1.29, 1.82) is 0 Å². The SMILES string of the molecule is NNC(=O)Cc1ccc(C(F)F)cn1. The lowest BCUT2D eigenvalue weighted by atomic mass is 10.2. The van der Waals surface area contributed by atoms with Crippen molar-refractivity contribution >= 4 is 5.91 Å². The highest BCUT2D eigenvalue weighted by molar-refractivity contribution is 5.77. The number of hydrogen-bond acceptors (Lipinski definition) is 3. The number of hydrazine groups is 1. The minimum Gasteiger partial charge on any atom is -0.294 e. The number of nitrogens with one attached hydrogen (secondary N) is 1. The predicted octanol–water partition coefficient (Wildman–Crippen LogP) is 0.552. The van der Waals surface area contributed by atoms with Crippen LogP contribution in [0.15, 0.2) is 18.3 Å². The smallest absolute Gasteiger partial charge is 0.265 e. The summed E-state index contributed by atoms with van der Waals surface area (Å²) in [6.45, 7) is 0. The molecule has 4 nitrogen and oxygen atoms in total. The van der Waals surface area contributed by atoms with E-state index in [1.807, 2.05) is 5.43 Å². The number of amides is 1. The molecule has 1 aromatic rings. The molecule has 3 N–H and O–H groups in total. The van der Waals surface area contributed by atoms with Crippen LogP contribution in [0.5, 0.6) is 0 Å². The first kappa shape index (κ1) is 10.5. The molecule has 1 aromatic heterocycles. The second-order valence-corrected chi connectivity index (χ2v) is 2.63. The van der Waals surface area contributed by atoms with Gasteiger partial charge in [0, 0.05) is 17.5 Å². The van der Waals surface area contributed by atoms with Crippen LogP contribution < -0.4 is 11.3 Å². The van der Waals surface area contributed by atoms with E-state index >= 15 is 0 Å². The molecule has 14 heavy (non-hydrogen) atoms. The maximum Gasteiger partial charge on any atom is 0.265 e. The van der Waals surface area contributed by atoms with E-state index in [-0.39, 0.29) is 12.0 Å². The van der Waals surface area contributed by atoms with Gasteiger partial charge in [-0.3, -0.25) is 15.2 Å². The fourth-order valence-corrected chi connectivity index (χ4v) is 0.885. The van der Waals surface area contributed by atoms with Crippen molar-refractivity contribution in [2.75, 3.05) is 0 Å².